The second kappa shape index (κ2) is 3.28. The molecule has 0 saturated heterocycles. The van der Waals surface area contributed by atoms with Gasteiger partial charge in [-0.2, -0.15) is 0 Å². The Bertz CT molecular complexity index is 257. The number of rotatable bonds is 2. The molecule has 0 aromatic heterocycles. The Morgan fingerprint density at radius 2 is 2.09 bits per heavy atom. The normalized spacial score (nSPS) is 12.5. The Hall–Kier alpha value is -1.18. The highest BCUT2D eigenvalue weighted by Crippen LogP contribution is 2.15. The molecular formula is C9H8FO. The molecule has 1 atom stereocenters. The van der Waals surface area contributed by atoms with Crippen LogP contribution in [-0.2, 0) is 4.79 Å². The molecule has 2 heteroatoms. The van der Waals surface area contributed by atoms with Gasteiger partial charge in [-0.1, -0.05) is 25.1 Å². The zero-order valence-corrected chi connectivity index (χ0v) is 6.17. The molecule has 0 spiro atoms. The molecular weight excluding hydrogens is 143 g/mol. The van der Waals surface area contributed by atoms with Crippen LogP contribution in [0.4, 0.5) is 4.39 Å². The van der Waals surface area contributed by atoms with Gasteiger partial charge < -0.3 is 0 Å². The number of halogens is 1. The van der Waals surface area contributed by atoms with Crippen molar-refractivity contribution in [1.29, 1.82) is 0 Å². The standard InChI is InChI=1S/C9H8FO/c1-7(6-11)8-4-2-3-5-9(8)10/h2-5,7H,1H3. The first kappa shape index (κ1) is 7.92. The molecule has 57 valence electrons. The molecule has 0 aliphatic carbocycles. The summed E-state index contributed by atoms with van der Waals surface area (Å²) in [4.78, 5) is 10.2. The maximum absolute atomic E-state index is 12.8. The van der Waals surface area contributed by atoms with E-state index in [0.717, 1.165) is 0 Å². The minimum Gasteiger partial charge on any atom is -0.290 e. The molecule has 1 aromatic carbocycles. The third-order valence-electron chi connectivity index (χ3n) is 1.55. The van der Waals surface area contributed by atoms with Crippen LogP contribution < -0.4 is 0 Å². The second-order valence-electron chi connectivity index (χ2n) is 2.36. The summed E-state index contributed by atoms with van der Waals surface area (Å²) in [5.41, 5.74) is 0.405. The van der Waals surface area contributed by atoms with Gasteiger partial charge in [0.1, 0.15) is 5.82 Å². The molecule has 1 aromatic rings. The number of hydrogen-bond donors (Lipinski definition) is 0. The van der Waals surface area contributed by atoms with E-state index in [9.17, 15) is 9.18 Å². The van der Waals surface area contributed by atoms with Gasteiger partial charge in [0.05, 0.1) is 5.92 Å². The van der Waals surface area contributed by atoms with Crippen molar-refractivity contribution in [2.24, 2.45) is 0 Å². The average molecular weight is 151 g/mol. The van der Waals surface area contributed by atoms with E-state index < -0.39 is 5.92 Å². The smallest absolute Gasteiger partial charge is 0.206 e. The fraction of sp³-hybridized carbons (Fsp3) is 0.222. The average Bonchev–Trinajstić information content (AvgIpc) is 2.04. The summed E-state index contributed by atoms with van der Waals surface area (Å²) in [6.45, 7) is 1.62. The van der Waals surface area contributed by atoms with Gasteiger partial charge in [0.15, 0.2) is 0 Å². The van der Waals surface area contributed by atoms with Crippen molar-refractivity contribution < 1.29 is 9.18 Å². The molecule has 1 nitrogen and oxygen atoms in total. The summed E-state index contributed by atoms with van der Waals surface area (Å²) in [5.74, 6) is -0.820. The summed E-state index contributed by atoms with van der Waals surface area (Å²) < 4.78 is 12.8. The lowest BCUT2D eigenvalue weighted by atomic mass is 10.0. The van der Waals surface area contributed by atoms with Gasteiger partial charge in [-0.25, -0.2) is 4.39 Å². The minimum atomic E-state index is -0.476. The zero-order chi connectivity index (χ0) is 8.27. The molecule has 0 bridgehead atoms. The van der Waals surface area contributed by atoms with Crippen LogP contribution in [0, 0.1) is 5.82 Å². The molecule has 1 rings (SSSR count). The lowest BCUT2D eigenvalue weighted by Crippen LogP contribution is -1.96. The highest BCUT2D eigenvalue weighted by Gasteiger charge is 2.08. The largest absolute Gasteiger partial charge is 0.290 e. The van der Waals surface area contributed by atoms with Gasteiger partial charge in [0.2, 0.25) is 6.29 Å². The highest BCUT2D eigenvalue weighted by atomic mass is 19.1. The monoisotopic (exact) mass is 151 g/mol. The Balaban J connectivity index is 3.02. The van der Waals surface area contributed by atoms with Crippen LogP contribution in [-0.4, -0.2) is 6.29 Å². The molecule has 1 unspecified atom stereocenters. The molecule has 0 aliphatic heterocycles. The third-order valence-corrected chi connectivity index (χ3v) is 1.55. The van der Waals surface area contributed by atoms with Crippen LogP contribution in [0.5, 0.6) is 0 Å². The highest BCUT2D eigenvalue weighted by molar-refractivity contribution is 5.62. The first-order valence-corrected chi connectivity index (χ1v) is 3.38. The fourth-order valence-corrected chi connectivity index (χ4v) is 0.890. The summed E-state index contributed by atoms with van der Waals surface area (Å²) >= 11 is 0. The Morgan fingerprint density at radius 1 is 1.45 bits per heavy atom. The lowest BCUT2D eigenvalue weighted by Gasteiger charge is -2.02. The van der Waals surface area contributed by atoms with Crippen LogP contribution in [0.2, 0.25) is 0 Å². The summed E-state index contributed by atoms with van der Waals surface area (Å²) in [7, 11) is 0. The number of carbonyl (C=O) groups excluding carboxylic acids is 1. The van der Waals surface area contributed by atoms with Crippen LogP contribution in [0.1, 0.15) is 18.4 Å². The Labute approximate surface area is 64.9 Å². The van der Waals surface area contributed by atoms with E-state index in [1.807, 2.05) is 0 Å². The van der Waals surface area contributed by atoms with Crippen molar-refractivity contribution in [3.8, 4) is 0 Å². The third kappa shape index (κ3) is 1.64. The molecule has 0 amide bonds. The Morgan fingerprint density at radius 3 is 2.64 bits per heavy atom. The van der Waals surface area contributed by atoms with Crippen molar-refractivity contribution in [3.63, 3.8) is 0 Å². The van der Waals surface area contributed by atoms with Crippen LogP contribution in [0.3, 0.4) is 0 Å². The molecule has 0 fully saturated rings. The van der Waals surface area contributed by atoms with Gasteiger partial charge in [-0.05, 0) is 11.6 Å². The fourth-order valence-electron chi connectivity index (χ4n) is 0.890. The first-order valence-electron chi connectivity index (χ1n) is 3.38. The first-order chi connectivity index (χ1) is 5.25. The van der Waals surface area contributed by atoms with E-state index in [1.165, 1.54) is 6.07 Å². The molecule has 1 radical (unpaired) electrons. The van der Waals surface area contributed by atoms with Gasteiger partial charge >= 0.3 is 0 Å². The quantitative estimate of drug-likeness (QED) is 0.632. The predicted molar refractivity (Wildman–Crippen MR) is 40.5 cm³/mol. The van der Waals surface area contributed by atoms with Gasteiger partial charge in [-0.3, -0.25) is 4.79 Å². The number of hydrogen-bond acceptors (Lipinski definition) is 1. The van der Waals surface area contributed by atoms with E-state index in [-0.39, 0.29) is 5.82 Å². The van der Waals surface area contributed by atoms with Crippen molar-refractivity contribution in [3.05, 3.63) is 35.6 Å². The molecule has 11 heavy (non-hydrogen) atoms. The lowest BCUT2D eigenvalue weighted by molar-refractivity contribution is 0.540. The second-order valence-corrected chi connectivity index (χ2v) is 2.36. The molecule has 0 aliphatic rings. The van der Waals surface area contributed by atoms with Gasteiger partial charge in [0.25, 0.3) is 0 Å². The van der Waals surface area contributed by atoms with Crippen molar-refractivity contribution >= 4 is 6.29 Å². The van der Waals surface area contributed by atoms with Crippen LogP contribution in [0.25, 0.3) is 0 Å². The summed E-state index contributed by atoms with van der Waals surface area (Å²) in [6.07, 6.45) is 1.73. The minimum absolute atomic E-state index is 0.344. The van der Waals surface area contributed by atoms with E-state index in [4.69, 9.17) is 0 Å². The molecule has 0 N–H and O–H groups in total. The van der Waals surface area contributed by atoms with Gasteiger partial charge in [-0.15, -0.1) is 0 Å². The molecule has 0 saturated carbocycles. The molecule has 0 heterocycles. The van der Waals surface area contributed by atoms with E-state index in [1.54, 1.807) is 31.4 Å². The summed E-state index contributed by atoms with van der Waals surface area (Å²) in [5, 5.41) is 0. The van der Waals surface area contributed by atoms with Crippen molar-refractivity contribution in [2.75, 3.05) is 0 Å². The Kier molecular flexibility index (Phi) is 2.36. The number of benzene rings is 1. The maximum atomic E-state index is 12.8. The SMILES string of the molecule is CC([C]=O)c1ccccc1F. The van der Waals surface area contributed by atoms with Crippen molar-refractivity contribution in [1.82, 2.24) is 0 Å². The van der Waals surface area contributed by atoms with E-state index in [2.05, 4.69) is 0 Å². The van der Waals surface area contributed by atoms with E-state index in [0.29, 0.717) is 5.56 Å². The van der Waals surface area contributed by atoms with Crippen LogP contribution in [0.15, 0.2) is 24.3 Å². The van der Waals surface area contributed by atoms with Crippen molar-refractivity contribution in [2.45, 2.75) is 12.8 Å². The maximum Gasteiger partial charge on any atom is 0.206 e. The summed E-state index contributed by atoms with van der Waals surface area (Å²) in [6, 6.07) is 6.22. The van der Waals surface area contributed by atoms with Crippen LogP contribution >= 0.6 is 0 Å². The van der Waals surface area contributed by atoms with Gasteiger partial charge in [0, 0.05) is 0 Å². The topological polar surface area (TPSA) is 17.1 Å². The van der Waals surface area contributed by atoms with E-state index >= 15 is 0 Å². The zero-order valence-electron chi connectivity index (χ0n) is 6.17. The predicted octanol–water partition coefficient (Wildman–Crippen LogP) is 2.04.